The highest BCUT2D eigenvalue weighted by atomic mass is 35.5. The molecule has 2 aromatic carbocycles. The van der Waals surface area contributed by atoms with E-state index >= 15 is 0 Å². The number of benzene rings is 2. The predicted octanol–water partition coefficient (Wildman–Crippen LogP) is 7.36. The number of anilines is 1. The lowest BCUT2D eigenvalue weighted by atomic mass is 10.2. The third-order valence-corrected chi connectivity index (χ3v) is 6.84. The van der Waals surface area contributed by atoms with E-state index in [2.05, 4.69) is 10.1 Å². The monoisotopic (exact) mass is 509 g/mol. The van der Waals surface area contributed by atoms with Gasteiger partial charge >= 0.3 is 13.7 Å². The van der Waals surface area contributed by atoms with Gasteiger partial charge < -0.3 is 23.8 Å². The zero-order valence-electron chi connectivity index (χ0n) is 18.9. The molecule has 0 aliphatic rings. The summed E-state index contributed by atoms with van der Waals surface area (Å²) in [7, 11) is -2.44. The van der Waals surface area contributed by atoms with Crippen LogP contribution in [0, 0.1) is 0 Å². The molecule has 0 saturated carbocycles. The first-order valence-electron chi connectivity index (χ1n) is 10.2. The molecule has 6 nitrogen and oxygen atoms in total. The van der Waals surface area contributed by atoms with Gasteiger partial charge in [0.05, 0.1) is 19.3 Å². The lowest BCUT2D eigenvalue weighted by Gasteiger charge is -2.32. The van der Waals surface area contributed by atoms with Crippen LogP contribution in [-0.4, -0.2) is 31.1 Å². The molecule has 11 heteroatoms. The van der Waals surface area contributed by atoms with Crippen molar-refractivity contribution in [3.8, 4) is 11.5 Å². The molecule has 33 heavy (non-hydrogen) atoms. The summed E-state index contributed by atoms with van der Waals surface area (Å²) in [6, 6.07) is 12.2. The topological polar surface area (TPSA) is 66.0 Å². The molecule has 0 heterocycles. The van der Waals surface area contributed by atoms with Crippen LogP contribution in [0.3, 0.4) is 0 Å². The van der Waals surface area contributed by atoms with Crippen molar-refractivity contribution in [3.63, 3.8) is 0 Å². The Morgan fingerprint density at radius 3 is 2.15 bits per heavy atom. The van der Waals surface area contributed by atoms with Crippen LogP contribution in [0.4, 0.5) is 18.9 Å². The fourth-order valence-electron chi connectivity index (χ4n) is 2.96. The molecule has 0 aromatic heterocycles. The highest BCUT2D eigenvalue weighted by molar-refractivity contribution is 7.54. The van der Waals surface area contributed by atoms with Crippen molar-refractivity contribution in [1.82, 2.24) is 0 Å². The van der Waals surface area contributed by atoms with Gasteiger partial charge in [-0.25, -0.2) is 4.39 Å². The van der Waals surface area contributed by atoms with Gasteiger partial charge in [0.25, 0.3) is 5.63 Å². The number of halogens is 4. The zero-order valence-corrected chi connectivity index (χ0v) is 20.6. The van der Waals surface area contributed by atoms with Gasteiger partial charge in [0, 0.05) is 17.3 Å². The molecule has 0 bridgehead atoms. The van der Waals surface area contributed by atoms with E-state index < -0.39 is 37.3 Å². The predicted molar refractivity (Wildman–Crippen MR) is 122 cm³/mol. The Morgan fingerprint density at radius 1 is 1.00 bits per heavy atom. The summed E-state index contributed by atoms with van der Waals surface area (Å²) < 4.78 is 75.6. The summed E-state index contributed by atoms with van der Waals surface area (Å²) in [5.41, 5.74) is -2.33. The number of hydrogen-bond acceptors (Lipinski definition) is 6. The van der Waals surface area contributed by atoms with E-state index in [0.717, 1.165) is 0 Å². The molecule has 0 amide bonds. The van der Waals surface area contributed by atoms with Crippen LogP contribution >= 0.6 is 19.2 Å². The van der Waals surface area contributed by atoms with Crippen molar-refractivity contribution < 1.29 is 36.3 Å². The maximum Gasteiger partial charge on any atom is 0.444 e. The number of alkyl halides is 4. The van der Waals surface area contributed by atoms with Crippen LogP contribution in [0.5, 0.6) is 11.5 Å². The smallest absolute Gasteiger partial charge is 0.444 e. The lowest BCUT2D eigenvalue weighted by molar-refractivity contribution is -0.199. The molecule has 0 radical (unpaired) electrons. The Bertz CT molecular complexity index is 947. The van der Waals surface area contributed by atoms with Crippen molar-refractivity contribution in [1.29, 1.82) is 0 Å². The second kappa shape index (κ2) is 11.5. The zero-order chi connectivity index (χ0) is 24.8. The van der Waals surface area contributed by atoms with Crippen molar-refractivity contribution in [2.45, 2.75) is 57.4 Å². The lowest BCUT2D eigenvalue weighted by Crippen LogP contribution is -2.32. The summed E-state index contributed by atoms with van der Waals surface area (Å²) in [5.74, 6) is -1.01. The van der Waals surface area contributed by atoms with E-state index in [1.807, 2.05) is 0 Å². The molecule has 2 atom stereocenters. The summed E-state index contributed by atoms with van der Waals surface area (Å²) >= 11 is 4.87. The molecule has 0 spiro atoms. The summed E-state index contributed by atoms with van der Waals surface area (Å²) in [6.07, 6.45) is -5.14. The Kier molecular flexibility index (Phi) is 9.49. The van der Waals surface area contributed by atoms with Crippen molar-refractivity contribution in [3.05, 3.63) is 54.1 Å². The van der Waals surface area contributed by atoms with E-state index in [0.29, 0.717) is 11.3 Å². The Balaban J connectivity index is 2.53. The molecule has 184 valence electrons. The van der Waals surface area contributed by atoms with Crippen molar-refractivity contribution in [2.75, 3.05) is 12.4 Å². The molecule has 2 unspecified atom stereocenters. The second-order valence-electron chi connectivity index (χ2n) is 7.63. The van der Waals surface area contributed by atoms with Gasteiger partial charge in [0.15, 0.2) is 5.78 Å². The van der Waals surface area contributed by atoms with E-state index in [9.17, 15) is 17.7 Å². The molecule has 0 aliphatic heterocycles. The molecule has 2 rings (SSSR count). The SMILES string of the molecule is COc1ccccc1C(Nc1cccc(OC(F)(F)C(F)Cl)c1)P(=O)(OC(C)C)OC(C)C. The number of rotatable bonds is 12. The molecular formula is C22H28ClF3NO5P. The third kappa shape index (κ3) is 7.54. The van der Waals surface area contributed by atoms with Gasteiger partial charge in [-0.3, -0.25) is 4.57 Å². The van der Waals surface area contributed by atoms with Gasteiger partial charge in [-0.1, -0.05) is 35.9 Å². The number of hydrogen-bond donors (Lipinski definition) is 1. The van der Waals surface area contributed by atoms with E-state index in [-0.39, 0.29) is 11.4 Å². The van der Waals surface area contributed by atoms with Gasteiger partial charge in [0.1, 0.15) is 11.5 Å². The third-order valence-electron chi connectivity index (χ3n) is 4.11. The van der Waals surface area contributed by atoms with Crippen LogP contribution in [-0.2, 0) is 13.6 Å². The van der Waals surface area contributed by atoms with Crippen LogP contribution < -0.4 is 14.8 Å². The van der Waals surface area contributed by atoms with E-state index in [1.54, 1.807) is 52.0 Å². The molecule has 0 fully saturated rings. The fraction of sp³-hybridized carbons (Fsp3) is 0.455. The quantitative estimate of drug-likeness (QED) is 0.238. The molecule has 0 saturated heterocycles. The largest absolute Gasteiger partial charge is 0.496 e. The average molecular weight is 510 g/mol. The minimum Gasteiger partial charge on any atom is -0.496 e. The highest BCUT2D eigenvalue weighted by Crippen LogP contribution is 2.63. The molecular weight excluding hydrogens is 482 g/mol. The Hall–Kier alpha value is -1.93. The number of ether oxygens (including phenoxy) is 2. The first-order valence-corrected chi connectivity index (χ1v) is 12.2. The van der Waals surface area contributed by atoms with Crippen LogP contribution in [0.25, 0.3) is 0 Å². The van der Waals surface area contributed by atoms with Gasteiger partial charge in [-0.05, 0) is 45.9 Å². The maximum absolute atomic E-state index is 14.0. The minimum atomic E-state index is -4.24. The van der Waals surface area contributed by atoms with Crippen LogP contribution in [0.15, 0.2) is 48.5 Å². The molecule has 0 aliphatic carbocycles. The molecule has 2 aromatic rings. The Morgan fingerprint density at radius 2 is 1.61 bits per heavy atom. The summed E-state index contributed by atoms with van der Waals surface area (Å²) in [6.45, 7) is 6.86. The summed E-state index contributed by atoms with van der Waals surface area (Å²) in [5, 5.41) is 3.03. The van der Waals surface area contributed by atoms with Crippen LogP contribution in [0.1, 0.15) is 39.0 Å². The van der Waals surface area contributed by atoms with E-state index in [4.69, 9.17) is 25.4 Å². The number of methoxy groups -OCH3 is 1. The van der Waals surface area contributed by atoms with Crippen LogP contribution in [0.2, 0.25) is 0 Å². The highest BCUT2D eigenvalue weighted by Gasteiger charge is 2.43. The average Bonchev–Trinajstić information content (AvgIpc) is 2.70. The normalized spacial score (nSPS) is 14.3. The van der Waals surface area contributed by atoms with Gasteiger partial charge in [0.2, 0.25) is 0 Å². The first-order chi connectivity index (χ1) is 15.4. The van der Waals surface area contributed by atoms with Gasteiger partial charge in [-0.15, -0.1) is 0 Å². The standard InChI is InChI=1S/C22H28ClF3NO5P/c1-14(2)31-33(28,32-15(3)4)20(18-11-6-7-12-19(18)29-5)27-16-9-8-10-17(13-16)30-22(25,26)21(23)24/h6-15,20-21,27H,1-5H3. The van der Waals surface area contributed by atoms with Gasteiger partial charge in [-0.2, -0.15) is 8.78 Å². The number of nitrogens with one attached hydrogen (secondary N) is 1. The fourth-order valence-corrected chi connectivity index (χ4v) is 5.34. The number of para-hydroxylation sites is 1. The second-order valence-corrected chi connectivity index (χ2v) is 10.0. The van der Waals surface area contributed by atoms with Crippen molar-refractivity contribution >= 4 is 24.9 Å². The first kappa shape index (κ1) is 27.3. The Labute approximate surface area is 196 Å². The minimum absolute atomic E-state index is 0.240. The van der Waals surface area contributed by atoms with E-state index in [1.165, 1.54) is 31.4 Å². The van der Waals surface area contributed by atoms with Crippen molar-refractivity contribution in [2.24, 2.45) is 0 Å². The maximum atomic E-state index is 14.0. The summed E-state index contributed by atoms with van der Waals surface area (Å²) in [4.78, 5) is 0. The molecule has 1 N–H and O–H groups in total.